The lowest BCUT2D eigenvalue weighted by Crippen LogP contribution is -2.41. The van der Waals surface area contributed by atoms with E-state index in [1.165, 1.54) is 41.5 Å². The predicted molar refractivity (Wildman–Crippen MR) is 128 cm³/mol. The molecule has 0 atom stereocenters. The Kier molecular flexibility index (Phi) is 5.83. The molecule has 0 spiro atoms. The van der Waals surface area contributed by atoms with Crippen molar-refractivity contribution in [2.24, 2.45) is 0 Å². The van der Waals surface area contributed by atoms with Gasteiger partial charge in [-0.15, -0.1) is 0 Å². The van der Waals surface area contributed by atoms with Crippen molar-refractivity contribution < 1.29 is 4.79 Å². The van der Waals surface area contributed by atoms with Gasteiger partial charge >= 0.3 is 0 Å². The van der Waals surface area contributed by atoms with Crippen LogP contribution in [0.15, 0.2) is 48.5 Å². The summed E-state index contributed by atoms with van der Waals surface area (Å²) in [6, 6.07) is 17.5. The van der Waals surface area contributed by atoms with Crippen molar-refractivity contribution in [3.63, 3.8) is 0 Å². The van der Waals surface area contributed by atoms with Crippen molar-refractivity contribution in [2.75, 3.05) is 18.4 Å². The number of amides is 1. The van der Waals surface area contributed by atoms with Gasteiger partial charge in [0.15, 0.2) is 5.69 Å². The molecule has 1 aromatic heterocycles. The molecule has 0 saturated heterocycles. The standard InChI is InChI=1S/C27H32N4O/c1-19-6-8-21(9-7-19)18-31-20(2)16-26(29-31)27(32)28-24-11-10-22-12-14-30(25-4-3-5-25)15-13-23(22)17-24/h6-11,16-17,25H,3-5,12-15,18H2,1-2H3,(H,28,32). The normalized spacial score (nSPS) is 16.8. The van der Waals surface area contributed by atoms with E-state index in [4.69, 9.17) is 0 Å². The minimum Gasteiger partial charge on any atom is -0.321 e. The number of nitrogens with zero attached hydrogens (tertiary/aromatic N) is 3. The highest BCUT2D eigenvalue weighted by molar-refractivity contribution is 6.03. The van der Waals surface area contributed by atoms with Gasteiger partial charge in [-0.05, 0) is 74.4 Å². The average molecular weight is 429 g/mol. The van der Waals surface area contributed by atoms with Crippen LogP contribution >= 0.6 is 0 Å². The first kappa shape index (κ1) is 21.0. The predicted octanol–water partition coefficient (Wildman–Crippen LogP) is 4.75. The molecular formula is C27H32N4O. The summed E-state index contributed by atoms with van der Waals surface area (Å²) in [5, 5.41) is 7.64. The molecule has 2 heterocycles. The molecular weight excluding hydrogens is 396 g/mol. The summed E-state index contributed by atoms with van der Waals surface area (Å²) < 4.78 is 1.89. The van der Waals surface area contributed by atoms with Gasteiger partial charge in [-0.25, -0.2) is 0 Å². The fourth-order valence-electron chi connectivity index (χ4n) is 4.78. The van der Waals surface area contributed by atoms with Crippen molar-refractivity contribution in [3.8, 4) is 0 Å². The van der Waals surface area contributed by atoms with E-state index in [0.29, 0.717) is 12.2 Å². The highest BCUT2D eigenvalue weighted by Crippen LogP contribution is 2.28. The molecule has 2 aliphatic rings. The van der Waals surface area contributed by atoms with E-state index in [2.05, 4.69) is 58.6 Å². The molecule has 1 N–H and O–H groups in total. The van der Waals surface area contributed by atoms with Crippen molar-refractivity contribution in [2.45, 2.75) is 58.5 Å². The second kappa shape index (κ2) is 8.91. The molecule has 2 aromatic carbocycles. The Morgan fingerprint density at radius 1 is 1.00 bits per heavy atom. The highest BCUT2D eigenvalue weighted by atomic mass is 16.1. The molecule has 1 fully saturated rings. The summed E-state index contributed by atoms with van der Waals surface area (Å²) in [6.07, 6.45) is 6.24. The Morgan fingerprint density at radius 2 is 1.75 bits per heavy atom. The number of fused-ring (bicyclic) bond motifs is 1. The quantitative estimate of drug-likeness (QED) is 0.638. The van der Waals surface area contributed by atoms with E-state index in [1.807, 2.05) is 23.7 Å². The Hall–Kier alpha value is -2.92. The molecule has 5 nitrogen and oxygen atoms in total. The zero-order valence-corrected chi connectivity index (χ0v) is 19.1. The summed E-state index contributed by atoms with van der Waals surface area (Å²) in [5.41, 5.74) is 7.50. The summed E-state index contributed by atoms with van der Waals surface area (Å²) in [6.45, 7) is 7.01. The SMILES string of the molecule is Cc1ccc(Cn2nc(C(=O)Nc3ccc4c(c3)CCN(C3CCC3)CC4)cc2C)cc1. The third-order valence-electron chi connectivity index (χ3n) is 7.06. The molecule has 166 valence electrons. The number of nitrogens with one attached hydrogen (secondary N) is 1. The van der Waals surface area contributed by atoms with E-state index < -0.39 is 0 Å². The second-order valence-electron chi connectivity index (χ2n) is 9.37. The summed E-state index contributed by atoms with van der Waals surface area (Å²) in [4.78, 5) is 15.6. The maximum atomic E-state index is 12.9. The smallest absolute Gasteiger partial charge is 0.276 e. The van der Waals surface area contributed by atoms with Gasteiger partial charge in [-0.3, -0.25) is 14.4 Å². The lowest BCUT2D eigenvalue weighted by atomic mass is 9.91. The van der Waals surface area contributed by atoms with Crippen LogP contribution < -0.4 is 5.32 Å². The topological polar surface area (TPSA) is 50.2 Å². The Morgan fingerprint density at radius 3 is 2.47 bits per heavy atom. The second-order valence-corrected chi connectivity index (χ2v) is 9.37. The van der Waals surface area contributed by atoms with Crippen LogP contribution in [0, 0.1) is 13.8 Å². The molecule has 1 aliphatic carbocycles. The first-order valence-electron chi connectivity index (χ1n) is 11.8. The van der Waals surface area contributed by atoms with Crippen LogP contribution in [0.3, 0.4) is 0 Å². The molecule has 1 saturated carbocycles. The lowest BCUT2D eigenvalue weighted by Gasteiger charge is -2.36. The van der Waals surface area contributed by atoms with E-state index in [1.54, 1.807) is 0 Å². The highest BCUT2D eigenvalue weighted by Gasteiger charge is 2.26. The Labute approximate surface area is 190 Å². The molecule has 3 aromatic rings. The van der Waals surface area contributed by atoms with Crippen LogP contribution in [0.2, 0.25) is 0 Å². The lowest BCUT2D eigenvalue weighted by molar-refractivity contribution is 0.102. The van der Waals surface area contributed by atoms with Crippen LogP contribution in [-0.2, 0) is 19.4 Å². The van der Waals surface area contributed by atoms with Gasteiger partial charge in [0, 0.05) is 30.5 Å². The number of carbonyl (C=O) groups is 1. The molecule has 5 heteroatoms. The minimum absolute atomic E-state index is 0.152. The minimum atomic E-state index is -0.152. The van der Waals surface area contributed by atoms with E-state index >= 15 is 0 Å². The molecule has 32 heavy (non-hydrogen) atoms. The largest absolute Gasteiger partial charge is 0.321 e. The first-order valence-corrected chi connectivity index (χ1v) is 11.8. The third kappa shape index (κ3) is 4.49. The summed E-state index contributed by atoms with van der Waals surface area (Å²) in [5.74, 6) is -0.152. The summed E-state index contributed by atoms with van der Waals surface area (Å²) >= 11 is 0. The molecule has 0 radical (unpaired) electrons. The number of anilines is 1. The molecule has 1 amide bonds. The maximum absolute atomic E-state index is 12.9. The van der Waals surface area contributed by atoms with Crippen LogP contribution in [-0.4, -0.2) is 39.7 Å². The van der Waals surface area contributed by atoms with Crippen molar-refractivity contribution in [1.82, 2.24) is 14.7 Å². The van der Waals surface area contributed by atoms with Gasteiger partial charge in [-0.2, -0.15) is 5.10 Å². The van der Waals surface area contributed by atoms with Crippen molar-refractivity contribution in [1.29, 1.82) is 0 Å². The number of aromatic nitrogens is 2. The number of hydrogen-bond acceptors (Lipinski definition) is 3. The Bertz CT molecular complexity index is 1110. The first-order chi connectivity index (χ1) is 15.5. The van der Waals surface area contributed by atoms with E-state index in [0.717, 1.165) is 43.4 Å². The summed E-state index contributed by atoms with van der Waals surface area (Å²) in [7, 11) is 0. The Balaban J connectivity index is 1.25. The zero-order chi connectivity index (χ0) is 22.1. The van der Waals surface area contributed by atoms with E-state index in [9.17, 15) is 4.79 Å². The number of benzene rings is 2. The van der Waals surface area contributed by atoms with Crippen LogP contribution in [0.25, 0.3) is 0 Å². The van der Waals surface area contributed by atoms with Crippen molar-refractivity contribution in [3.05, 3.63) is 82.2 Å². The van der Waals surface area contributed by atoms with Gasteiger partial charge in [0.1, 0.15) is 0 Å². The zero-order valence-electron chi connectivity index (χ0n) is 19.1. The van der Waals surface area contributed by atoms with Crippen LogP contribution in [0.4, 0.5) is 5.69 Å². The maximum Gasteiger partial charge on any atom is 0.276 e. The van der Waals surface area contributed by atoms with Crippen LogP contribution in [0.1, 0.15) is 57.7 Å². The number of hydrogen-bond donors (Lipinski definition) is 1. The average Bonchev–Trinajstić information content (AvgIpc) is 2.98. The van der Waals surface area contributed by atoms with Gasteiger partial charge in [0.2, 0.25) is 0 Å². The van der Waals surface area contributed by atoms with Gasteiger partial charge in [-0.1, -0.05) is 42.3 Å². The fraction of sp³-hybridized carbons (Fsp3) is 0.407. The van der Waals surface area contributed by atoms with Crippen LogP contribution in [0.5, 0.6) is 0 Å². The third-order valence-corrected chi connectivity index (χ3v) is 7.06. The molecule has 0 bridgehead atoms. The molecule has 0 unspecified atom stereocenters. The van der Waals surface area contributed by atoms with E-state index in [-0.39, 0.29) is 5.91 Å². The van der Waals surface area contributed by atoms with Gasteiger partial charge < -0.3 is 5.32 Å². The number of rotatable bonds is 5. The van der Waals surface area contributed by atoms with Gasteiger partial charge in [0.25, 0.3) is 5.91 Å². The number of aryl methyl sites for hydroxylation is 2. The molecule has 5 rings (SSSR count). The van der Waals surface area contributed by atoms with Crippen molar-refractivity contribution >= 4 is 11.6 Å². The van der Waals surface area contributed by atoms with Gasteiger partial charge in [0.05, 0.1) is 6.54 Å². The molecule has 1 aliphatic heterocycles. The monoisotopic (exact) mass is 428 g/mol. The fourth-order valence-corrected chi connectivity index (χ4v) is 4.78. The number of carbonyl (C=O) groups excluding carboxylic acids is 1.